The Kier molecular flexibility index (Phi) is 11.9. The maximum atomic E-state index is 14.6. The number of carbonyl (C=O) groups is 1. The third kappa shape index (κ3) is 9.42. The van der Waals surface area contributed by atoms with Gasteiger partial charge in [-0.2, -0.15) is 18.3 Å². The molecule has 0 spiro atoms. The fourth-order valence-corrected chi connectivity index (χ4v) is 8.05. The van der Waals surface area contributed by atoms with Crippen molar-refractivity contribution in [3.63, 3.8) is 0 Å². The third-order valence-electron chi connectivity index (χ3n) is 8.73. The summed E-state index contributed by atoms with van der Waals surface area (Å²) >= 11 is 1.47. The van der Waals surface area contributed by atoms with Crippen LogP contribution in [-0.2, 0) is 22.7 Å². The molecule has 282 valence electrons. The topological polar surface area (TPSA) is 137 Å². The highest BCUT2D eigenvalue weighted by Crippen LogP contribution is 2.41. The Bertz CT molecular complexity index is 2190. The first-order valence-corrected chi connectivity index (χ1v) is 19.3. The predicted octanol–water partition coefficient (Wildman–Crippen LogP) is 6.52. The molecule has 3 N–H and O–H groups in total. The van der Waals surface area contributed by atoms with Crippen LogP contribution in [0.25, 0.3) is 11.1 Å². The van der Waals surface area contributed by atoms with Crippen LogP contribution in [-0.4, -0.2) is 80.1 Å². The lowest BCUT2D eigenvalue weighted by atomic mass is 10.0. The van der Waals surface area contributed by atoms with Crippen molar-refractivity contribution in [2.75, 3.05) is 55.8 Å². The van der Waals surface area contributed by atoms with Gasteiger partial charge in [-0.1, -0.05) is 42.5 Å². The Hall–Kier alpha value is -5.32. The molecule has 16 heteroatoms. The number of piperazine rings is 1. The summed E-state index contributed by atoms with van der Waals surface area (Å²) in [6, 6.07) is 26.5. The molecular weight excluding hydrogens is 742 g/mol. The number of thioether (sulfide) groups is 1. The normalized spacial score (nSPS) is 13.7. The maximum absolute atomic E-state index is 14.6. The molecule has 0 atom stereocenters. The summed E-state index contributed by atoms with van der Waals surface area (Å²) in [5, 5.41) is 20.0. The van der Waals surface area contributed by atoms with Crippen molar-refractivity contribution in [1.82, 2.24) is 19.8 Å². The van der Waals surface area contributed by atoms with Crippen LogP contribution in [0.2, 0.25) is 0 Å². The van der Waals surface area contributed by atoms with E-state index in [4.69, 9.17) is 4.74 Å². The number of nitrogens with zero attached hydrogens (tertiary/aromatic N) is 4. The second-order valence-electron chi connectivity index (χ2n) is 12.3. The molecule has 0 unspecified atom stereocenters. The molecule has 1 aliphatic heterocycles. The molecule has 1 amide bonds. The molecule has 0 radical (unpaired) electrons. The summed E-state index contributed by atoms with van der Waals surface area (Å²) in [4.78, 5) is 17.0. The van der Waals surface area contributed by atoms with Crippen molar-refractivity contribution in [3.8, 4) is 22.6 Å². The van der Waals surface area contributed by atoms with Crippen LogP contribution >= 0.6 is 11.8 Å². The van der Waals surface area contributed by atoms with Crippen LogP contribution in [0.4, 0.5) is 24.5 Å². The summed E-state index contributed by atoms with van der Waals surface area (Å²) in [5.41, 5.74) is 0.848. The lowest BCUT2D eigenvalue weighted by molar-refractivity contribution is -0.137. The summed E-state index contributed by atoms with van der Waals surface area (Å²) in [6.45, 7) is 2.10. The first kappa shape index (κ1) is 38.4. The predicted molar refractivity (Wildman–Crippen MR) is 201 cm³/mol. The van der Waals surface area contributed by atoms with E-state index in [9.17, 15) is 31.5 Å². The van der Waals surface area contributed by atoms with Crippen LogP contribution < -0.4 is 19.7 Å². The second-order valence-corrected chi connectivity index (χ2v) is 15.2. The quantitative estimate of drug-likeness (QED) is 0.0891. The van der Waals surface area contributed by atoms with Gasteiger partial charge < -0.3 is 20.1 Å². The van der Waals surface area contributed by atoms with E-state index in [1.54, 1.807) is 30.2 Å². The lowest BCUT2D eigenvalue weighted by Gasteiger charge is -2.37. The van der Waals surface area contributed by atoms with E-state index in [0.717, 1.165) is 21.6 Å². The van der Waals surface area contributed by atoms with Crippen molar-refractivity contribution in [2.45, 2.75) is 22.5 Å². The molecule has 6 rings (SSSR count). The molecule has 54 heavy (non-hydrogen) atoms. The Morgan fingerprint density at radius 1 is 0.926 bits per heavy atom. The van der Waals surface area contributed by atoms with Crippen molar-refractivity contribution in [3.05, 3.63) is 120 Å². The molecule has 2 heterocycles. The molecule has 4 aromatic carbocycles. The van der Waals surface area contributed by atoms with E-state index in [2.05, 4.69) is 20.4 Å². The fourth-order valence-electron chi connectivity index (χ4n) is 6.06. The van der Waals surface area contributed by atoms with E-state index in [0.29, 0.717) is 37.2 Å². The van der Waals surface area contributed by atoms with Crippen molar-refractivity contribution in [1.29, 1.82) is 0 Å². The van der Waals surface area contributed by atoms with Crippen molar-refractivity contribution < 1.29 is 36.2 Å². The molecule has 0 saturated carbocycles. The minimum Gasteiger partial charge on any atom is -0.508 e. The molecule has 0 bridgehead atoms. The maximum Gasteiger partial charge on any atom is 0.418 e. The zero-order chi connectivity index (χ0) is 38.3. The van der Waals surface area contributed by atoms with Crippen molar-refractivity contribution >= 4 is 39.1 Å². The fraction of sp³-hybridized carbons (Fsp3) is 0.237. The number of hydrogen-bond donors (Lipinski definition) is 3. The van der Waals surface area contributed by atoms with Crippen LogP contribution in [0.5, 0.6) is 11.5 Å². The standard InChI is InChI=1S/C38H37F3N6O5S2/c1-52-35-22-27(26-7-5-8-29(48)21-26)12-13-28(35)25-46-16-18-47(19-17-46)34-24-33(42-15-20-53-30-9-3-2-4-10-30)31(38(39,40)41)23-36(34)54(50,51)45-37(49)32-11-6-14-43-44-32/h2-14,21-24,42,48H,15-20,25H2,1H3,(H,45,49). The number of amides is 1. The van der Waals surface area contributed by atoms with Crippen LogP contribution in [0.3, 0.4) is 0 Å². The summed E-state index contributed by atoms with van der Waals surface area (Å²) in [6.07, 6.45) is -3.62. The molecule has 11 nitrogen and oxygen atoms in total. The van der Waals surface area contributed by atoms with Crippen molar-refractivity contribution in [2.24, 2.45) is 0 Å². The van der Waals surface area contributed by atoms with Gasteiger partial charge in [0.05, 0.1) is 18.4 Å². The average Bonchev–Trinajstić information content (AvgIpc) is 3.17. The van der Waals surface area contributed by atoms with Crippen LogP contribution in [0.15, 0.2) is 113 Å². The van der Waals surface area contributed by atoms with Gasteiger partial charge in [0.2, 0.25) is 0 Å². The number of ether oxygens (including phenoxy) is 1. The van der Waals surface area contributed by atoms with Gasteiger partial charge in [0.1, 0.15) is 16.4 Å². The number of alkyl halides is 3. The first-order chi connectivity index (χ1) is 25.9. The Balaban J connectivity index is 1.25. The molecule has 1 aliphatic rings. The Morgan fingerprint density at radius 3 is 2.37 bits per heavy atom. The molecule has 5 aromatic rings. The number of aromatic hydroxyl groups is 1. The number of nitrogens with one attached hydrogen (secondary N) is 2. The van der Waals surface area contributed by atoms with E-state index < -0.39 is 32.6 Å². The van der Waals surface area contributed by atoms with Gasteiger partial charge in [-0.25, -0.2) is 13.1 Å². The van der Waals surface area contributed by atoms with Gasteiger partial charge in [-0.15, -0.1) is 16.9 Å². The molecule has 0 aliphatic carbocycles. The number of hydrogen-bond acceptors (Lipinski definition) is 11. The lowest BCUT2D eigenvalue weighted by Crippen LogP contribution is -2.46. The third-order valence-corrected chi connectivity index (χ3v) is 11.1. The first-order valence-electron chi connectivity index (χ1n) is 16.9. The molecular formula is C38H37F3N6O5S2. The van der Waals surface area contributed by atoms with Crippen LogP contribution in [0, 0.1) is 0 Å². The number of phenols is 1. The number of benzene rings is 4. The monoisotopic (exact) mass is 778 g/mol. The number of sulfonamides is 1. The van der Waals surface area contributed by atoms with E-state index in [1.807, 2.05) is 59.3 Å². The highest BCUT2D eigenvalue weighted by Gasteiger charge is 2.38. The highest BCUT2D eigenvalue weighted by molar-refractivity contribution is 7.99. The minimum absolute atomic E-state index is 0.0216. The minimum atomic E-state index is -4.92. The van der Waals surface area contributed by atoms with Gasteiger partial charge in [-0.05, 0) is 65.7 Å². The summed E-state index contributed by atoms with van der Waals surface area (Å²) in [7, 11) is -3.26. The number of methoxy groups -OCH3 is 1. The summed E-state index contributed by atoms with van der Waals surface area (Å²) in [5.74, 6) is 0.114. The van der Waals surface area contributed by atoms with Gasteiger partial charge in [0.25, 0.3) is 15.9 Å². The number of aromatic nitrogens is 2. The van der Waals surface area contributed by atoms with Crippen LogP contribution in [0.1, 0.15) is 21.6 Å². The SMILES string of the molecule is COc1cc(-c2cccc(O)c2)ccc1CN1CCN(c2cc(NCCSc3ccccc3)c(C(F)(F)F)cc2S(=O)(=O)NC(=O)c2cccnn2)CC1. The van der Waals surface area contributed by atoms with E-state index in [1.165, 1.54) is 36.2 Å². The number of carbonyl (C=O) groups excluding carboxylic acids is 1. The van der Waals surface area contributed by atoms with E-state index in [-0.39, 0.29) is 42.5 Å². The summed E-state index contributed by atoms with van der Waals surface area (Å²) < 4.78 is 78.8. The second kappa shape index (κ2) is 16.8. The molecule has 1 saturated heterocycles. The molecule has 1 fully saturated rings. The number of rotatable bonds is 13. The number of halogens is 3. The molecule has 1 aromatic heterocycles. The highest BCUT2D eigenvalue weighted by atomic mass is 32.2. The van der Waals surface area contributed by atoms with E-state index >= 15 is 0 Å². The largest absolute Gasteiger partial charge is 0.508 e. The van der Waals surface area contributed by atoms with Gasteiger partial charge in [0, 0.05) is 67.4 Å². The number of anilines is 2. The van der Waals surface area contributed by atoms with Gasteiger partial charge >= 0.3 is 6.18 Å². The average molecular weight is 779 g/mol. The Morgan fingerprint density at radius 2 is 1.69 bits per heavy atom. The van der Waals surface area contributed by atoms with Gasteiger partial charge in [0.15, 0.2) is 5.69 Å². The van der Waals surface area contributed by atoms with Gasteiger partial charge in [-0.3, -0.25) is 9.69 Å². The number of phenolic OH excluding ortho intramolecular Hbond substituents is 1. The zero-order valence-electron chi connectivity index (χ0n) is 29.1. The smallest absolute Gasteiger partial charge is 0.418 e. The Labute approximate surface area is 315 Å². The zero-order valence-corrected chi connectivity index (χ0v) is 30.7.